The van der Waals surface area contributed by atoms with Crippen molar-refractivity contribution in [2.45, 2.75) is 18.6 Å². The Bertz CT molecular complexity index is 404. The van der Waals surface area contributed by atoms with Crippen LogP contribution in [0.2, 0.25) is 0 Å². The third-order valence-corrected chi connectivity index (χ3v) is 5.71. The smallest absolute Gasteiger partial charge is 0.222 e. The van der Waals surface area contributed by atoms with Crippen molar-refractivity contribution in [1.82, 2.24) is 4.90 Å². The van der Waals surface area contributed by atoms with E-state index in [2.05, 4.69) is 15.9 Å². The molecule has 0 fully saturated rings. The SMILES string of the molecule is CN(C)C(=O)CCCS(=O)Cc1sccc1Br. The van der Waals surface area contributed by atoms with Gasteiger partial charge in [0.25, 0.3) is 0 Å². The maximum absolute atomic E-state index is 11.8. The van der Waals surface area contributed by atoms with Crippen LogP contribution in [0.25, 0.3) is 0 Å². The van der Waals surface area contributed by atoms with Crippen LogP contribution in [-0.2, 0) is 21.3 Å². The molecule has 1 heterocycles. The Kier molecular flexibility index (Phi) is 6.37. The summed E-state index contributed by atoms with van der Waals surface area (Å²) in [5, 5.41) is 1.98. The Labute approximate surface area is 117 Å². The van der Waals surface area contributed by atoms with Crippen LogP contribution in [0.3, 0.4) is 0 Å². The third kappa shape index (κ3) is 5.31. The normalized spacial score (nSPS) is 12.4. The molecule has 0 N–H and O–H groups in total. The number of rotatable bonds is 6. The predicted octanol–water partition coefficient (Wildman–Crippen LogP) is 2.63. The van der Waals surface area contributed by atoms with Crippen LogP contribution in [0.5, 0.6) is 0 Å². The van der Waals surface area contributed by atoms with E-state index < -0.39 is 10.8 Å². The minimum absolute atomic E-state index is 0.0966. The van der Waals surface area contributed by atoms with Gasteiger partial charge in [-0.2, -0.15) is 0 Å². The number of carbonyl (C=O) groups excluding carboxylic acids is 1. The number of amides is 1. The number of carbonyl (C=O) groups is 1. The van der Waals surface area contributed by atoms with E-state index in [1.54, 1.807) is 30.3 Å². The van der Waals surface area contributed by atoms with E-state index in [9.17, 15) is 9.00 Å². The number of thiophene rings is 1. The largest absolute Gasteiger partial charge is 0.349 e. The van der Waals surface area contributed by atoms with Crippen molar-refractivity contribution in [2.75, 3.05) is 19.8 Å². The zero-order chi connectivity index (χ0) is 12.8. The van der Waals surface area contributed by atoms with Crippen molar-refractivity contribution in [2.24, 2.45) is 0 Å². The molecule has 0 radical (unpaired) electrons. The van der Waals surface area contributed by atoms with Gasteiger partial charge < -0.3 is 4.90 Å². The molecule has 1 atom stereocenters. The van der Waals surface area contributed by atoms with Gasteiger partial charge in [0.05, 0.1) is 5.75 Å². The minimum atomic E-state index is -0.880. The lowest BCUT2D eigenvalue weighted by Crippen LogP contribution is -2.21. The number of nitrogens with zero attached hydrogens (tertiary/aromatic N) is 1. The third-order valence-electron chi connectivity index (χ3n) is 2.24. The Morgan fingerprint density at radius 1 is 1.53 bits per heavy atom. The van der Waals surface area contributed by atoms with Gasteiger partial charge in [-0.05, 0) is 33.8 Å². The zero-order valence-electron chi connectivity index (χ0n) is 9.94. The lowest BCUT2D eigenvalue weighted by molar-refractivity contribution is -0.128. The molecule has 0 aliphatic carbocycles. The monoisotopic (exact) mass is 337 g/mol. The van der Waals surface area contributed by atoms with Gasteiger partial charge in [0.1, 0.15) is 0 Å². The van der Waals surface area contributed by atoms with Gasteiger partial charge in [0.15, 0.2) is 0 Å². The van der Waals surface area contributed by atoms with E-state index in [0.29, 0.717) is 24.3 Å². The minimum Gasteiger partial charge on any atom is -0.349 e. The second-order valence-electron chi connectivity index (χ2n) is 3.87. The first-order valence-corrected chi connectivity index (χ1v) is 8.43. The highest BCUT2D eigenvalue weighted by molar-refractivity contribution is 9.10. The first-order chi connectivity index (χ1) is 8.00. The van der Waals surface area contributed by atoms with Crippen molar-refractivity contribution >= 4 is 44.0 Å². The standard InChI is InChI=1S/C11H16BrNO2S2/c1-13(2)11(14)4-3-7-17(15)8-10-9(12)5-6-16-10/h5-6H,3-4,7-8H2,1-2H3. The Balaban J connectivity index is 2.27. The Hall–Kier alpha value is -0.200. The van der Waals surface area contributed by atoms with Crippen molar-refractivity contribution < 1.29 is 9.00 Å². The van der Waals surface area contributed by atoms with Gasteiger partial charge in [0.2, 0.25) is 5.91 Å². The van der Waals surface area contributed by atoms with Crippen LogP contribution in [-0.4, -0.2) is 34.9 Å². The van der Waals surface area contributed by atoms with Gasteiger partial charge >= 0.3 is 0 Å². The maximum atomic E-state index is 11.8. The molecule has 1 aromatic heterocycles. The summed E-state index contributed by atoms with van der Waals surface area (Å²) >= 11 is 5.03. The highest BCUT2D eigenvalue weighted by Crippen LogP contribution is 2.24. The Morgan fingerprint density at radius 2 is 2.24 bits per heavy atom. The van der Waals surface area contributed by atoms with Crippen LogP contribution >= 0.6 is 27.3 Å². The van der Waals surface area contributed by atoms with E-state index in [1.807, 2.05) is 11.4 Å². The van der Waals surface area contributed by atoms with E-state index >= 15 is 0 Å². The highest BCUT2D eigenvalue weighted by atomic mass is 79.9. The molecule has 1 unspecified atom stereocenters. The van der Waals surface area contributed by atoms with Crippen molar-refractivity contribution in [3.63, 3.8) is 0 Å². The van der Waals surface area contributed by atoms with Crippen LogP contribution in [0.15, 0.2) is 15.9 Å². The molecule has 0 spiro atoms. The fourth-order valence-electron chi connectivity index (χ4n) is 1.25. The lowest BCUT2D eigenvalue weighted by atomic mass is 10.3. The molecule has 0 saturated carbocycles. The summed E-state index contributed by atoms with van der Waals surface area (Å²) in [6.45, 7) is 0. The first-order valence-electron chi connectivity index (χ1n) is 5.27. The molecule has 3 nitrogen and oxygen atoms in total. The van der Waals surface area contributed by atoms with Crippen molar-refractivity contribution in [3.8, 4) is 0 Å². The van der Waals surface area contributed by atoms with Gasteiger partial charge in [-0.15, -0.1) is 11.3 Å². The summed E-state index contributed by atoms with van der Waals surface area (Å²) in [6.07, 6.45) is 1.16. The summed E-state index contributed by atoms with van der Waals surface area (Å²) < 4.78 is 12.8. The number of halogens is 1. The average Bonchev–Trinajstić information content (AvgIpc) is 2.64. The van der Waals surface area contributed by atoms with E-state index in [4.69, 9.17) is 0 Å². The molecule has 1 aromatic rings. The van der Waals surface area contributed by atoms with Crippen LogP contribution in [0, 0.1) is 0 Å². The molecule has 1 amide bonds. The fourth-order valence-corrected chi connectivity index (χ4v) is 4.44. The van der Waals surface area contributed by atoms with Crippen LogP contribution < -0.4 is 0 Å². The molecule has 0 aliphatic heterocycles. The van der Waals surface area contributed by atoms with Gasteiger partial charge in [-0.3, -0.25) is 9.00 Å². The lowest BCUT2D eigenvalue weighted by Gasteiger charge is -2.09. The topological polar surface area (TPSA) is 37.4 Å². The zero-order valence-corrected chi connectivity index (χ0v) is 13.2. The molecule has 6 heteroatoms. The maximum Gasteiger partial charge on any atom is 0.222 e. The van der Waals surface area contributed by atoms with Crippen LogP contribution in [0.4, 0.5) is 0 Å². The molecule has 17 heavy (non-hydrogen) atoms. The summed E-state index contributed by atoms with van der Waals surface area (Å²) in [6, 6.07) is 1.97. The molecule has 0 aliphatic rings. The molecule has 0 aromatic carbocycles. The highest BCUT2D eigenvalue weighted by Gasteiger charge is 2.09. The second kappa shape index (κ2) is 7.28. The quantitative estimate of drug-likeness (QED) is 0.800. The average molecular weight is 338 g/mol. The molecule has 0 bridgehead atoms. The van der Waals surface area contributed by atoms with E-state index in [1.165, 1.54) is 0 Å². The van der Waals surface area contributed by atoms with E-state index in [-0.39, 0.29) is 5.91 Å². The molecule has 1 rings (SSSR count). The van der Waals surface area contributed by atoms with Gasteiger partial charge in [-0.1, -0.05) is 0 Å². The van der Waals surface area contributed by atoms with E-state index in [0.717, 1.165) is 9.35 Å². The summed E-state index contributed by atoms with van der Waals surface area (Å²) in [4.78, 5) is 14.0. The molecular weight excluding hydrogens is 322 g/mol. The molecular formula is C11H16BrNO2S2. The first kappa shape index (κ1) is 14.9. The predicted molar refractivity (Wildman–Crippen MR) is 76.7 cm³/mol. The van der Waals surface area contributed by atoms with Crippen LogP contribution in [0.1, 0.15) is 17.7 Å². The van der Waals surface area contributed by atoms with Gasteiger partial charge in [-0.25, -0.2) is 0 Å². The second-order valence-corrected chi connectivity index (χ2v) is 7.30. The van der Waals surface area contributed by atoms with Gasteiger partial charge in [0, 0.05) is 46.4 Å². The number of hydrogen-bond acceptors (Lipinski definition) is 3. The summed E-state index contributed by atoms with van der Waals surface area (Å²) in [7, 11) is 2.60. The fraction of sp³-hybridized carbons (Fsp3) is 0.545. The molecule has 96 valence electrons. The van der Waals surface area contributed by atoms with Crippen molar-refractivity contribution in [3.05, 3.63) is 20.8 Å². The molecule has 0 saturated heterocycles. The summed E-state index contributed by atoms with van der Waals surface area (Å²) in [5.41, 5.74) is 0. The Morgan fingerprint density at radius 3 is 2.76 bits per heavy atom. The van der Waals surface area contributed by atoms with Crippen molar-refractivity contribution in [1.29, 1.82) is 0 Å². The number of hydrogen-bond donors (Lipinski definition) is 0. The summed E-state index contributed by atoms with van der Waals surface area (Å²) in [5.74, 6) is 1.26.